The van der Waals surface area contributed by atoms with Crippen molar-refractivity contribution in [2.24, 2.45) is 0 Å². The predicted octanol–water partition coefficient (Wildman–Crippen LogP) is 3.80. The maximum absolute atomic E-state index is 12.2. The van der Waals surface area contributed by atoms with Gasteiger partial charge in [0, 0.05) is 12.8 Å². The molecule has 0 aliphatic carbocycles. The van der Waals surface area contributed by atoms with E-state index in [9.17, 15) is 4.79 Å². The van der Waals surface area contributed by atoms with E-state index in [4.69, 9.17) is 16.3 Å². The fourth-order valence-electron chi connectivity index (χ4n) is 2.33. The number of hydrogen-bond acceptors (Lipinski definition) is 5. The molecule has 0 saturated heterocycles. The second kappa shape index (κ2) is 8.84. The van der Waals surface area contributed by atoms with Crippen molar-refractivity contribution < 1.29 is 9.53 Å². The molecule has 2 aromatic carbocycles. The van der Waals surface area contributed by atoms with E-state index in [0.717, 1.165) is 5.69 Å². The van der Waals surface area contributed by atoms with Crippen LogP contribution < -0.4 is 5.32 Å². The van der Waals surface area contributed by atoms with Crippen molar-refractivity contribution in [3.05, 3.63) is 65.4 Å². The number of thioether (sulfide) groups is 1. The van der Waals surface area contributed by atoms with Crippen molar-refractivity contribution in [2.75, 3.05) is 18.2 Å². The summed E-state index contributed by atoms with van der Waals surface area (Å²) in [6.45, 7) is 0.328. The summed E-state index contributed by atoms with van der Waals surface area (Å²) in [5.41, 5.74) is 1.50. The molecule has 3 rings (SSSR count). The Hall–Kier alpha value is -2.35. The Morgan fingerprint density at radius 1 is 1.15 bits per heavy atom. The highest BCUT2D eigenvalue weighted by atomic mass is 35.5. The van der Waals surface area contributed by atoms with Crippen LogP contribution in [0.4, 0.5) is 5.69 Å². The monoisotopic (exact) mass is 388 g/mol. The summed E-state index contributed by atoms with van der Waals surface area (Å²) in [5.74, 6) is 0.690. The second-order valence-electron chi connectivity index (χ2n) is 5.32. The first-order chi connectivity index (χ1) is 12.7. The van der Waals surface area contributed by atoms with Crippen LogP contribution in [0.2, 0.25) is 5.02 Å². The van der Waals surface area contributed by atoms with Crippen LogP contribution in [0.1, 0.15) is 5.82 Å². The third-order valence-electron chi connectivity index (χ3n) is 3.47. The normalized spacial score (nSPS) is 10.7. The third-order valence-corrected chi connectivity index (χ3v) is 4.73. The van der Waals surface area contributed by atoms with Gasteiger partial charge in [0.15, 0.2) is 11.0 Å². The predicted molar refractivity (Wildman–Crippen MR) is 103 cm³/mol. The number of para-hydroxylation sites is 2. The highest BCUT2D eigenvalue weighted by molar-refractivity contribution is 7.99. The van der Waals surface area contributed by atoms with E-state index in [1.54, 1.807) is 19.2 Å². The summed E-state index contributed by atoms with van der Waals surface area (Å²) in [6, 6.07) is 16.8. The van der Waals surface area contributed by atoms with Gasteiger partial charge in [-0.25, -0.2) is 0 Å². The molecule has 8 heteroatoms. The number of nitrogens with zero attached hydrogens (tertiary/aromatic N) is 3. The van der Waals surface area contributed by atoms with Gasteiger partial charge in [-0.05, 0) is 24.3 Å². The fraction of sp³-hybridized carbons (Fsp3) is 0.167. The van der Waals surface area contributed by atoms with E-state index in [0.29, 0.717) is 28.3 Å². The molecule has 0 aliphatic rings. The van der Waals surface area contributed by atoms with Gasteiger partial charge in [-0.15, -0.1) is 10.2 Å². The number of hydrogen-bond donors (Lipinski definition) is 1. The van der Waals surface area contributed by atoms with Gasteiger partial charge < -0.3 is 10.1 Å². The van der Waals surface area contributed by atoms with Crippen LogP contribution in [-0.4, -0.2) is 33.5 Å². The molecule has 1 heterocycles. The van der Waals surface area contributed by atoms with E-state index in [1.807, 2.05) is 47.0 Å². The zero-order chi connectivity index (χ0) is 18.4. The van der Waals surface area contributed by atoms with Crippen LogP contribution in [0, 0.1) is 0 Å². The highest BCUT2D eigenvalue weighted by Gasteiger charge is 2.16. The molecule has 134 valence electrons. The second-order valence-corrected chi connectivity index (χ2v) is 6.67. The summed E-state index contributed by atoms with van der Waals surface area (Å²) in [7, 11) is 1.61. The quantitative estimate of drug-likeness (QED) is 0.623. The maximum atomic E-state index is 12.2. The minimum atomic E-state index is -0.168. The number of halogens is 1. The van der Waals surface area contributed by atoms with Gasteiger partial charge in [0.25, 0.3) is 0 Å². The Labute approximate surface area is 160 Å². The number of rotatable bonds is 7. The molecule has 0 bridgehead atoms. The Balaban J connectivity index is 1.74. The lowest BCUT2D eigenvalue weighted by atomic mass is 10.3. The number of carbonyl (C=O) groups is 1. The molecule has 6 nitrogen and oxygen atoms in total. The number of methoxy groups -OCH3 is 1. The maximum Gasteiger partial charge on any atom is 0.234 e. The van der Waals surface area contributed by atoms with Crippen molar-refractivity contribution in [3.63, 3.8) is 0 Å². The minimum absolute atomic E-state index is 0.168. The first-order valence-electron chi connectivity index (χ1n) is 7.85. The topological polar surface area (TPSA) is 69.0 Å². The number of benzene rings is 2. The smallest absolute Gasteiger partial charge is 0.234 e. The molecule has 1 aromatic heterocycles. The number of anilines is 1. The molecule has 0 radical (unpaired) electrons. The zero-order valence-corrected chi connectivity index (χ0v) is 15.6. The standard InChI is InChI=1S/C18H17ClN4O2S/c1-25-11-16-21-22-18(23(16)13-7-3-2-4-8-13)26-12-17(24)20-15-10-6-5-9-14(15)19/h2-10H,11-12H2,1H3,(H,20,24). The van der Waals surface area contributed by atoms with E-state index in [-0.39, 0.29) is 11.7 Å². The fourth-order valence-corrected chi connectivity index (χ4v) is 3.29. The number of aromatic nitrogens is 3. The van der Waals surface area contributed by atoms with Crippen LogP contribution >= 0.6 is 23.4 Å². The lowest BCUT2D eigenvalue weighted by molar-refractivity contribution is -0.113. The Kier molecular flexibility index (Phi) is 6.27. The zero-order valence-electron chi connectivity index (χ0n) is 14.1. The van der Waals surface area contributed by atoms with E-state index in [1.165, 1.54) is 11.8 Å². The lowest BCUT2D eigenvalue weighted by Gasteiger charge is -2.10. The summed E-state index contributed by atoms with van der Waals surface area (Å²) in [4.78, 5) is 12.2. The Bertz CT molecular complexity index is 886. The molecule has 0 unspecified atom stereocenters. The van der Waals surface area contributed by atoms with E-state index in [2.05, 4.69) is 15.5 Å². The van der Waals surface area contributed by atoms with Gasteiger partial charge >= 0.3 is 0 Å². The molecular weight excluding hydrogens is 372 g/mol. The van der Waals surface area contributed by atoms with Crippen molar-refractivity contribution >= 4 is 35.0 Å². The molecule has 0 fully saturated rings. The van der Waals surface area contributed by atoms with E-state index >= 15 is 0 Å². The average molecular weight is 389 g/mol. The van der Waals surface area contributed by atoms with Crippen molar-refractivity contribution in [3.8, 4) is 5.69 Å². The molecule has 1 N–H and O–H groups in total. The minimum Gasteiger partial charge on any atom is -0.377 e. The van der Waals surface area contributed by atoms with E-state index < -0.39 is 0 Å². The van der Waals surface area contributed by atoms with Crippen LogP contribution in [0.25, 0.3) is 5.69 Å². The molecule has 3 aromatic rings. The van der Waals surface area contributed by atoms with Gasteiger partial charge in [-0.1, -0.05) is 53.7 Å². The molecule has 0 aliphatic heterocycles. The third kappa shape index (κ3) is 4.43. The first kappa shape index (κ1) is 18.4. The van der Waals surface area contributed by atoms with Gasteiger partial charge in [-0.3, -0.25) is 9.36 Å². The van der Waals surface area contributed by atoms with Crippen LogP contribution in [0.15, 0.2) is 59.8 Å². The summed E-state index contributed by atoms with van der Waals surface area (Å²) in [6.07, 6.45) is 0. The summed E-state index contributed by atoms with van der Waals surface area (Å²) >= 11 is 7.37. The molecular formula is C18H17ClN4O2S. The largest absolute Gasteiger partial charge is 0.377 e. The SMILES string of the molecule is COCc1nnc(SCC(=O)Nc2ccccc2Cl)n1-c1ccccc1. The van der Waals surface area contributed by atoms with Gasteiger partial charge in [0.05, 0.1) is 16.5 Å². The molecule has 0 saturated carbocycles. The van der Waals surface area contributed by atoms with Crippen LogP contribution in [0.3, 0.4) is 0 Å². The molecule has 1 amide bonds. The summed E-state index contributed by atoms with van der Waals surface area (Å²) in [5, 5.41) is 12.3. The van der Waals surface area contributed by atoms with Crippen LogP contribution in [0.5, 0.6) is 0 Å². The number of ether oxygens (including phenoxy) is 1. The van der Waals surface area contributed by atoms with Gasteiger partial charge in [0.2, 0.25) is 5.91 Å². The molecule has 0 spiro atoms. The van der Waals surface area contributed by atoms with Crippen molar-refractivity contribution in [1.82, 2.24) is 14.8 Å². The number of nitrogens with one attached hydrogen (secondary N) is 1. The average Bonchev–Trinajstić information content (AvgIpc) is 3.06. The highest BCUT2D eigenvalue weighted by Crippen LogP contribution is 2.24. The molecule has 0 atom stereocenters. The molecule has 26 heavy (non-hydrogen) atoms. The van der Waals surface area contributed by atoms with Crippen molar-refractivity contribution in [1.29, 1.82) is 0 Å². The van der Waals surface area contributed by atoms with Crippen molar-refractivity contribution in [2.45, 2.75) is 11.8 Å². The lowest BCUT2D eigenvalue weighted by Crippen LogP contribution is -2.15. The number of amides is 1. The number of carbonyl (C=O) groups excluding carboxylic acids is 1. The Morgan fingerprint density at radius 2 is 1.88 bits per heavy atom. The Morgan fingerprint density at radius 3 is 2.62 bits per heavy atom. The van der Waals surface area contributed by atoms with Gasteiger partial charge in [-0.2, -0.15) is 0 Å². The van der Waals surface area contributed by atoms with Gasteiger partial charge in [0.1, 0.15) is 6.61 Å². The summed E-state index contributed by atoms with van der Waals surface area (Å²) < 4.78 is 7.08. The van der Waals surface area contributed by atoms with Crippen LogP contribution in [-0.2, 0) is 16.1 Å². The first-order valence-corrected chi connectivity index (χ1v) is 9.21.